The Labute approximate surface area is 84.3 Å². The number of nitrogens with one attached hydrogen (secondary N) is 1. The molecule has 0 aromatic heterocycles. The number of fused-ring (bicyclic) bond motifs is 1. The average Bonchev–Trinajstić information content (AvgIpc) is 2.16. The highest BCUT2D eigenvalue weighted by Crippen LogP contribution is 2.30. The largest absolute Gasteiger partial charge is 0.312 e. The van der Waals surface area contributed by atoms with Crippen molar-refractivity contribution in [2.45, 2.75) is 26.3 Å². The molecule has 1 aromatic rings. The summed E-state index contributed by atoms with van der Waals surface area (Å²) in [6.45, 7) is 6.21. The molecule has 14 heavy (non-hydrogen) atoms. The molecule has 1 aliphatic rings. The standard InChI is InChI=1S/C12H16FN/c1-8(2)12-7-14-6-9-3-4-10(13)5-11(9)12/h3-5,8,12,14H,6-7H2,1-2H3. The molecule has 1 aromatic carbocycles. The molecule has 1 nitrogen and oxygen atoms in total. The first kappa shape index (κ1) is 9.66. The number of rotatable bonds is 1. The van der Waals surface area contributed by atoms with Gasteiger partial charge in [-0.3, -0.25) is 0 Å². The quantitative estimate of drug-likeness (QED) is 0.723. The van der Waals surface area contributed by atoms with E-state index in [4.69, 9.17) is 0 Å². The van der Waals surface area contributed by atoms with Crippen molar-refractivity contribution in [3.8, 4) is 0 Å². The molecule has 0 aliphatic carbocycles. The van der Waals surface area contributed by atoms with E-state index in [2.05, 4.69) is 19.2 Å². The van der Waals surface area contributed by atoms with Gasteiger partial charge in [0.05, 0.1) is 0 Å². The topological polar surface area (TPSA) is 12.0 Å². The lowest BCUT2D eigenvalue weighted by Crippen LogP contribution is -2.30. The van der Waals surface area contributed by atoms with E-state index < -0.39 is 0 Å². The van der Waals surface area contributed by atoms with Gasteiger partial charge >= 0.3 is 0 Å². The van der Waals surface area contributed by atoms with Crippen molar-refractivity contribution in [1.29, 1.82) is 0 Å². The van der Waals surface area contributed by atoms with E-state index in [0.29, 0.717) is 11.8 Å². The normalized spacial score (nSPS) is 21.0. The smallest absolute Gasteiger partial charge is 0.123 e. The van der Waals surface area contributed by atoms with Gasteiger partial charge in [0.2, 0.25) is 0 Å². The molecule has 0 saturated heterocycles. The third-order valence-electron chi connectivity index (χ3n) is 2.99. The van der Waals surface area contributed by atoms with Crippen molar-refractivity contribution in [2.75, 3.05) is 6.54 Å². The number of hydrogen-bond acceptors (Lipinski definition) is 1. The summed E-state index contributed by atoms with van der Waals surface area (Å²) in [6.07, 6.45) is 0. The van der Waals surface area contributed by atoms with Gasteiger partial charge in [0.15, 0.2) is 0 Å². The fourth-order valence-electron chi connectivity index (χ4n) is 2.14. The summed E-state index contributed by atoms with van der Waals surface area (Å²) in [7, 11) is 0. The second kappa shape index (κ2) is 3.70. The molecule has 1 aliphatic heterocycles. The molecule has 1 N–H and O–H groups in total. The number of hydrogen-bond donors (Lipinski definition) is 1. The minimum absolute atomic E-state index is 0.115. The summed E-state index contributed by atoms with van der Waals surface area (Å²) in [5.74, 6) is 0.897. The molecule has 2 heteroatoms. The Morgan fingerprint density at radius 3 is 2.93 bits per heavy atom. The summed E-state index contributed by atoms with van der Waals surface area (Å²) < 4.78 is 13.1. The van der Waals surface area contributed by atoms with E-state index >= 15 is 0 Å². The highest BCUT2D eigenvalue weighted by Gasteiger charge is 2.22. The Kier molecular flexibility index (Phi) is 2.55. The van der Waals surface area contributed by atoms with Crippen LogP contribution in [0.15, 0.2) is 18.2 Å². The van der Waals surface area contributed by atoms with Crippen molar-refractivity contribution in [1.82, 2.24) is 5.32 Å². The molecule has 1 unspecified atom stereocenters. The molecule has 0 radical (unpaired) electrons. The van der Waals surface area contributed by atoms with Crippen LogP contribution in [0.3, 0.4) is 0 Å². The van der Waals surface area contributed by atoms with Gasteiger partial charge in [0.25, 0.3) is 0 Å². The first-order valence-corrected chi connectivity index (χ1v) is 5.17. The molecular weight excluding hydrogens is 177 g/mol. The molecular formula is C12H16FN. The van der Waals surface area contributed by atoms with Gasteiger partial charge in [-0.25, -0.2) is 4.39 Å². The van der Waals surface area contributed by atoms with Crippen molar-refractivity contribution in [3.05, 3.63) is 35.1 Å². The van der Waals surface area contributed by atoms with Crippen LogP contribution in [0.2, 0.25) is 0 Å². The first-order valence-electron chi connectivity index (χ1n) is 5.17. The summed E-state index contributed by atoms with van der Waals surface area (Å²) in [5.41, 5.74) is 2.44. The van der Waals surface area contributed by atoms with Crippen LogP contribution in [0.1, 0.15) is 30.9 Å². The molecule has 0 amide bonds. The van der Waals surface area contributed by atoms with Crippen LogP contribution in [0.25, 0.3) is 0 Å². The fraction of sp³-hybridized carbons (Fsp3) is 0.500. The lowest BCUT2D eigenvalue weighted by molar-refractivity contribution is 0.433. The van der Waals surface area contributed by atoms with Crippen molar-refractivity contribution < 1.29 is 4.39 Å². The molecule has 76 valence electrons. The zero-order valence-electron chi connectivity index (χ0n) is 8.68. The third kappa shape index (κ3) is 1.67. The van der Waals surface area contributed by atoms with Crippen LogP contribution in [0.5, 0.6) is 0 Å². The number of benzene rings is 1. The van der Waals surface area contributed by atoms with Crippen LogP contribution < -0.4 is 5.32 Å². The highest BCUT2D eigenvalue weighted by molar-refractivity contribution is 5.33. The zero-order chi connectivity index (χ0) is 10.1. The van der Waals surface area contributed by atoms with Crippen LogP contribution in [0, 0.1) is 11.7 Å². The molecule has 1 atom stereocenters. The lowest BCUT2D eigenvalue weighted by Gasteiger charge is -2.29. The van der Waals surface area contributed by atoms with Gasteiger partial charge in [0, 0.05) is 13.1 Å². The van der Waals surface area contributed by atoms with Crippen molar-refractivity contribution in [3.63, 3.8) is 0 Å². The maximum Gasteiger partial charge on any atom is 0.123 e. The highest BCUT2D eigenvalue weighted by atomic mass is 19.1. The van der Waals surface area contributed by atoms with Gasteiger partial charge in [-0.05, 0) is 35.1 Å². The predicted molar refractivity (Wildman–Crippen MR) is 55.7 cm³/mol. The van der Waals surface area contributed by atoms with Gasteiger partial charge in [-0.2, -0.15) is 0 Å². The van der Waals surface area contributed by atoms with Crippen molar-refractivity contribution >= 4 is 0 Å². The van der Waals surface area contributed by atoms with E-state index in [-0.39, 0.29) is 5.82 Å². The van der Waals surface area contributed by atoms with Gasteiger partial charge in [-0.15, -0.1) is 0 Å². The maximum absolute atomic E-state index is 13.1. The monoisotopic (exact) mass is 193 g/mol. The third-order valence-corrected chi connectivity index (χ3v) is 2.99. The molecule has 0 fully saturated rings. The van der Waals surface area contributed by atoms with E-state index in [9.17, 15) is 4.39 Å². The molecule has 1 heterocycles. The van der Waals surface area contributed by atoms with Gasteiger partial charge in [-0.1, -0.05) is 19.9 Å². The van der Waals surface area contributed by atoms with Gasteiger partial charge < -0.3 is 5.32 Å². The van der Waals surface area contributed by atoms with Crippen LogP contribution in [0.4, 0.5) is 4.39 Å². The molecule has 0 saturated carbocycles. The second-order valence-electron chi connectivity index (χ2n) is 4.32. The van der Waals surface area contributed by atoms with Crippen molar-refractivity contribution in [2.24, 2.45) is 5.92 Å². The minimum Gasteiger partial charge on any atom is -0.312 e. The Morgan fingerprint density at radius 2 is 2.21 bits per heavy atom. The summed E-state index contributed by atoms with van der Waals surface area (Å²) in [6, 6.07) is 5.14. The Bertz CT molecular complexity index is 333. The lowest BCUT2D eigenvalue weighted by atomic mass is 9.83. The van der Waals surface area contributed by atoms with E-state index in [0.717, 1.165) is 13.1 Å². The van der Waals surface area contributed by atoms with Gasteiger partial charge in [0.1, 0.15) is 5.82 Å². The average molecular weight is 193 g/mol. The first-order chi connectivity index (χ1) is 6.68. The summed E-state index contributed by atoms with van der Waals surface area (Å²) in [5, 5.41) is 3.37. The van der Waals surface area contributed by atoms with Crippen LogP contribution in [-0.4, -0.2) is 6.54 Å². The van der Waals surface area contributed by atoms with Crippen LogP contribution >= 0.6 is 0 Å². The predicted octanol–water partition coefficient (Wildman–Crippen LogP) is 2.67. The summed E-state index contributed by atoms with van der Waals surface area (Å²) in [4.78, 5) is 0. The SMILES string of the molecule is CC(C)C1CNCc2ccc(F)cc21. The Hall–Kier alpha value is -0.890. The molecule has 0 spiro atoms. The van der Waals surface area contributed by atoms with E-state index in [1.807, 2.05) is 6.07 Å². The molecule has 0 bridgehead atoms. The van der Waals surface area contributed by atoms with E-state index in [1.165, 1.54) is 11.1 Å². The number of halogens is 1. The molecule has 2 rings (SSSR count). The maximum atomic E-state index is 13.1. The Morgan fingerprint density at radius 1 is 1.43 bits per heavy atom. The Balaban J connectivity index is 2.41. The van der Waals surface area contributed by atoms with Crippen LogP contribution in [-0.2, 0) is 6.54 Å². The zero-order valence-corrected chi connectivity index (χ0v) is 8.68. The van der Waals surface area contributed by atoms with E-state index in [1.54, 1.807) is 12.1 Å². The summed E-state index contributed by atoms with van der Waals surface area (Å²) >= 11 is 0. The second-order valence-corrected chi connectivity index (χ2v) is 4.32. The fourth-order valence-corrected chi connectivity index (χ4v) is 2.14. The minimum atomic E-state index is -0.115.